The minimum atomic E-state index is -4.63. The quantitative estimate of drug-likeness (QED) is 0.750. The summed E-state index contributed by atoms with van der Waals surface area (Å²) in [6, 6.07) is 13.7. The lowest BCUT2D eigenvalue weighted by Crippen LogP contribution is -2.22. The molecule has 0 aliphatic carbocycles. The first-order valence-electron chi connectivity index (χ1n) is 7.62. The minimum Gasteiger partial charge on any atom is -0.484 e. The number of alkyl halides is 3. The number of nitrogens with one attached hydrogen (secondary N) is 1. The predicted molar refractivity (Wildman–Crippen MR) is 89.1 cm³/mol. The smallest absolute Gasteiger partial charge is 0.418 e. The molecule has 1 amide bonds. The maximum atomic E-state index is 13.4. The Labute approximate surface area is 147 Å². The second-order valence-electron chi connectivity index (χ2n) is 5.33. The van der Waals surface area contributed by atoms with Crippen LogP contribution in [0.4, 0.5) is 18.9 Å². The fourth-order valence-corrected chi connectivity index (χ4v) is 2.29. The summed E-state index contributed by atoms with van der Waals surface area (Å²) in [5, 5.41) is 6.15. The molecule has 2 aromatic carbocycles. The lowest BCUT2D eigenvalue weighted by molar-refractivity contribution is -0.137. The normalized spacial score (nSPS) is 11.2. The van der Waals surface area contributed by atoms with Gasteiger partial charge in [-0.05, 0) is 36.4 Å². The standard InChI is InChI=1S/C18H14F3N3O2/c19-18(20,21)15-11-13(24-10-4-9-22-24)7-8-16(15)23-17(25)12-26-14-5-2-1-3-6-14/h1-11H,12H2,(H,23,25). The molecule has 5 nitrogen and oxygen atoms in total. The number of amides is 1. The van der Waals surface area contributed by atoms with Gasteiger partial charge in [0.15, 0.2) is 6.61 Å². The highest BCUT2D eigenvalue weighted by Crippen LogP contribution is 2.36. The van der Waals surface area contributed by atoms with Crippen LogP contribution in [0.2, 0.25) is 0 Å². The van der Waals surface area contributed by atoms with E-state index in [9.17, 15) is 18.0 Å². The molecule has 8 heteroatoms. The van der Waals surface area contributed by atoms with Gasteiger partial charge in [-0.3, -0.25) is 4.79 Å². The van der Waals surface area contributed by atoms with Gasteiger partial charge in [-0.1, -0.05) is 18.2 Å². The van der Waals surface area contributed by atoms with Crippen LogP contribution in [0, 0.1) is 0 Å². The van der Waals surface area contributed by atoms with Crippen LogP contribution in [0.15, 0.2) is 67.0 Å². The van der Waals surface area contributed by atoms with Crippen LogP contribution in [-0.2, 0) is 11.0 Å². The average Bonchev–Trinajstić information content (AvgIpc) is 3.15. The third kappa shape index (κ3) is 4.21. The van der Waals surface area contributed by atoms with Crippen LogP contribution in [0.1, 0.15) is 5.56 Å². The molecule has 0 radical (unpaired) electrons. The highest BCUT2D eigenvalue weighted by atomic mass is 19.4. The fourth-order valence-electron chi connectivity index (χ4n) is 2.29. The second-order valence-corrected chi connectivity index (χ2v) is 5.33. The van der Waals surface area contributed by atoms with E-state index in [1.165, 1.54) is 29.2 Å². The van der Waals surface area contributed by atoms with Crippen molar-refractivity contribution in [3.05, 3.63) is 72.6 Å². The van der Waals surface area contributed by atoms with Gasteiger partial charge in [0.05, 0.1) is 16.9 Å². The predicted octanol–water partition coefficient (Wildman–Crippen LogP) is 3.91. The molecule has 0 saturated heterocycles. The Balaban J connectivity index is 1.77. The van der Waals surface area contributed by atoms with Crippen molar-refractivity contribution in [1.29, 1.82) is 0 Å². The van der Waals surface area contributed by atoms with Crippen molar-refractivity contribution in [3.63, 3.8) is 0 Å². The molecule has 0 aliphatic rings. The molecule has 0 spiro atoms. The van der Waals surface area contributed by atoms with Crippen molar-refractivity contribution >= 4 is 11.6 Å². The highest BCUT2D eigenvalue weighted by Gasteiger charge is 2.34. The maximum Gasteiger partial charge on any atom is 0.418 e. The molecule has 0 saturated carbocycles. The van der Waals surface area contributed by atoms with Crippen molar-refractivity contribution in [2.75, 3.05) is 11.9 Å². The van der Waals surface area contributed by atoms with Gasteiger partial charge in [0.25, 0.3) is 5.91 Å². The third-order valence-electron chi connectivity index (χ3n) is 3.46. The molecule has 1 N–H and O–H groups in total. The van der Waals surface area contributed by atoms with E-state index in [0.717, 1.165) is 6.07 Å². The zero-order valence-corrected chi connectivity index (χ0v) is 13.4. The lowest BCUT2D eigenvalue weighted by Gasteiger charge is -2.15. The molecule has 134 valence electrons. The number of hydrogen-bond acceptors (Lipinski definition) is 3. The monoisotopic (exact) mass is 361 g/mol. The average molecular weight is 361 g/mol. The zero-order chi connectivity index (χ0) is 18.6. The first-order valence-corrected chi connectivity index (χ1v) is 7.62. The van der Waals surface area contributed by atoms with Crippen molar-refractivity contribution in [2.45, 2.75) is 6.18 Å². The number of benzene rings is 2. The summed E-state index contributed by atoms with van der Waals surface area (Å²) in [4.78, 5) is 12.0. The summed E-state index contributed by atoms with van der Waals surface area (Å²) in [6.07, 6.45) is -1.64. The molecular weight excluding hydrogens is 347 g/mol. The topological polar surface area (TPSA) is 56.1 Å². The van der Waals surface area contributed by atoms with Gasteiger partial charge in [0.1, 0.15) is 5.75 Å². The second kappa shape index (κ2) is 7.30. The summed E-state index contributed by atoms with van der Waals surface area (Å²) in [7, 11) is 0. The van der Waals surface area contributed by atoms with E-state index in [2.05, 4.69) is 10.4 Å². The summed E-state index contributed by atoms with van der Waals surface area (Å²) in [5.74, 6) is -0.237. The number of rotatable bonds is 5. The first-order chi connectivity index (χ1) is 12.4. The molecule has 3 rings (SSSR count). The number of nitrogens with zero attached hydrogens (tertiary/aromatic N) is 2. The van der Waals surface area contributed by atoms with E-state index in [-0.39, 0.29) is 11.4 Å². The highest BCUT2D eigenvalue weighted by molar-refractivity contribution is 5.93. The van der Waals surface area contributed by atoms with Crippen LogP contribution in [0.25, 0.3) is 5.69 Å². The SMILES string of the molecule is O=C(COc1ccccc1)Nc1ccc(-n2cccn2)cc1C(F)(F)F. The number of ether oxygens (including phenoxy) is 1. The van der Waals surface area contributed by atoms with Crippen molar-refractivity contribution in [1.82, 2.24) is 9.78 Å². The van der Waals surface area contributed by atoms with Gasteiger partial charge in [0, 0.05) is 12.4 Å². The van der Waals surface area contributed by atoms with Gasteiger partial charge in [-0.15, -0.1) is 0 Å². The number of carbonyl (C=O) groups is 1. The Bertz CT molecular complexity index is 878. The molecule has 0 aliphatic heterocycles. The van der Waals surface area contributed by atoms with E-state index in [1.807, 2.05) is 0 Å². The van der Waals surface area contributed by atoms with E-state index < -0.39 is 24.3 Å². The number of halogens is 3. The zero-order valence-electron chi connectivity index (χ0n) is 13.4. The van der Waals surface area contributed by atoms with E-state index in [1.54, 1.807) is 36.4 Å². The summed E-state index contributed by atoms with van der Waals surface area (Å²) >= 11 is 0. The van der Waals surface area contributed by atoms with Crippen molar-refractivity contribution in [3.8, 4) is 11.4 Å². The van der Waals surface area contributed by atoms with Crippen molar-refractivity contribution < 1.29 is 22.7 Å². The number of hydrogen-bond donors (Lipinski definition) is 1. The van der Waals surface area contributed by atoms with Crippen LogP contribution in [-0.4, -0.2) is 22.3 Å². The van der Waals surface area contributed by atoms with E-state index in [4.69, 9.17) is 4.74 Å². The number of para-hydroxylation sites is 1. The van der Waals surface area contributed by atoms with Crippen molar-refractivity contribution in [2.24, 2.45) is 0 Å². The Morgan fingerprint density at radius 1 is 1.12 bits per heavy atom. The third-order valence-corrected chi connectivity index (χ3v) is 3.46. The molecular formula is C18H14F3N3O2. The summed E-state index contributed by atoms with van der Waals surface area (Å²) < 4.78 is 46.6. The minimum absolute atomic E-state index is 0.237. The molecule has 0 fully saturated rings. The maximum absolute atomic E-state index is 13.4. The molecule has 0 unspecified atom stereocenters. The van der Waals surface area contributed by atoms with Gasteiger partial charge < -0.3 is 10.1 Å². The van der Waals surface area contributed by atoms with E-state index in [0.29, 0.717) is 5.75 Å². The Morgan fingerprint density at radius 3 is 2.54 bits per heavy atom. The van der Waals surface area contributed by atoms with Gasteiger partial charge in [-0.2, -0.15) is 18.3 Å². The summed E-state index contributed by atoms with van der Waals surface area (Å²) in [5.41, 5.74) is -1.06. The fraction of sp³-hybridized carbons (Fsp3) is 0.111. The van der Waals surface area contributed by atoms with Crippen LogP contribution in [0.3, 0.4) is 0 Å². The number of anilines is 1. The van der Waals surface area contributed by atoms with Gasteiger partial charge in [0.2, 0.25) is 0 Å². The van der Waals surface area contributed by atoms with Gasteiger partial charge in [-0.25, -0.2) is 4.68 Å². The Kier molecular flexibility index (Phi) is 4.92. The number of aromatic nitrogens is 2. The molecule has 0 bridgehead atoms. The van der Waals surface area contributed by atoms with E-state index >= 15 is 0 Å². The molecule has 1 aromatic heterocycles. The number of carbonyl (C=O) groups excluding carboxylic acids is 1. The lowest BCUT2D eigenvalue weighted by atomic mass is 10.1. The Morgan fingerprint density at radius 2 is 1.88 bits per heavy atom. The van der Waals surface area contributed by atoms with Crippen LogP contribution >= 0.6 is 0 Å². The Hall–Kier alpha value is -3.29. The van der Waals surface area contributed by atoms with Gasteiger partial charge >= 0.3 is 6.18 Å². The molecule has 26 heavy (non-hydrogen) atoms. The molecule has 3 aromatic rings. The van der Waals surface area contributed by atoms with Crippen LogP contribution in [0.5, 0.6) is 5.75 Å². The molecule has 1 heterocycles. The summed E-state index contributed by atoms with van der Waals surface area (Å²) in [6.45, 7) is -0.401. The first kappa shape index (κ1) is 17.5. The molecule has 0 atom stereocenters. The van der Waals surface area contributed by atoms with Crippen LogP contribution < -0.4 is 10.1 Å². The largest absolute Gasteiger partial charge is 0.484 e.